The molecule has 0 aromatic heterocycles. The van der Waals surface area contributed by atoms with Crippen molar-refractivity contribution in [2.45, 2.75) is 39.2 Å². The molecule has 0 radical (unpaired) electrons. The lowest BCUT2D eigenvalue weighted by Crippen LogP contribution is -2.37. The van der Waals surface area contributed by atoms with Crippen molar-refractivity contribution in [1.82, 2.24) is 4.90 Å². The van der Waals surface area contributed by atoms with E-state index >= 15 is 0 Å². The van der Waals surface area contributed by atoms with Crippen LogP contribution in [0.2, 0.25) is 0 Å². The Kier molecular flexibility index (Phi) is 5.15. The molecule has 1 fully saturated rings. The number of ether oxygens (including phenoxy) is 1. The van der Waals surface area contributed by atoms with E-state index in [0.717, 1.165) is 32.2 Å². The van der Waals surface area contributed by atoms with Crippen LogP contribution in [0, 0.1) is 5.41 Å². The van der Waals surface area contributed by atoms with Crippen LogP contribution in [0.15, 0.2) is 0 Å². The maximum atomic E-state index is 5.74. The molecule has 1 rings (SSSR count). The molecular weight excluding hydrogens is 220 g/mol. The van der Waals surface area contributed by atoms with Crippen molar-refractivity contribution in [2.75, 3.05) is 26.8 Å². The fraction of sp³-hybridized carbons (Fsp3) is 0.917. The van der Waals surface area contributed by atoms with E-state index in [0.29, 0.717) is 4.99 Å². The SMILES string of the molecule is COCCN(CCC(C)(C)C(N)=S)C1CC1. The summed E-state index contributed by atoms with van der Waals surface area (Å²) < 4.78 is 5.14. The van der Waals surface area contributed by atoms with Gasteiger partial charge in [0.1, 0.15) is 0 Å². The van der Waals surface area contributed by atoms with Crippen LogP contribution in [0.5, 0.6) is 0 Å². The van der Waals surface area contributed by atoms with Crippen LogP contribution < -0.4 is 5.73 Å². The molecule has 16 heavy (non-hydrogen) atoms. The zero-order valence-corrected chi connectivity index (χ0v) is 11.5. The summed E-state index contributed by atoms with van der Waals surface area (Å²) in [5.41, 5.74) is 5.70. The number of thiocarbonyl (C=S) groups is 1. The van der Waals surface area contributed by atoms with Crippen LogP contribution in [-0.2, 0) is 4.74 Å². The van der Waals surface area contributed by atoms with E-state index in [9.17, 15) is 0 Å². The number of hydrogen-bond acceptors (Lipinski definition) is 3. The molecule has 1 saturated carbocycles. The van der Waals surface area contributed by atoms with Crippen LogP contribution in [0.3, 0.4) is 0 Å². The number of hydrogen-bond donors (Lipinski definition) is 1. The van der Waals surface area contributed by atoms with E-state index in [4.69, 9.17) is 22.7 Å². The lowest BCUT2D eigenvalue weighted by molar-refractivity contribution is 0.137. The van der Waals surface area contributed by atoms with Gasteiger partial charge in [-0.25, -0.2) is 0 Å². The Hall–Kier alpha value is -0.190. The molecule has 0 aromatic rings. The molecule has 2 N–H and O–H groups in total. The quantitative estimate of drug-likeness (QED) is 0.661. The van der Waals surface area contributed by atoms with Gasteiger partial charge in [0, 0.05) is 25.1 Å². The minimum absolute atomic E-state index is 0.0322. The highest BCUT2D eigenvalue weighted by Gasteiger charge is 2.30. The van der Waals surface area contributed by atoms with Gasteiger partial charge in [-0.3, -0.25) is 4.90 Å². The molecule has 0 saturated heterocycles. The Balaban J connectivity index is 2.34. The third-order valence-corrected chi connectivity index (χ3v) is 3.89. The molecule has 0 unspecified atom stereocenters. The average molecular weight is 244 g/mol. The van der Waals surface area contributed by atoms with E-state index in [-0.39, 0.29) is 5.41 Å². The standard InChI is InChI=1S/C12H24N2OS/c1-12(2,11(13)16)6-7-14(8-9-15-3)10-4-5-10/h10H,4-9H2,1-3H3,(H2,13,16). The molecule has 0 spiro atoms. The van der Waals surface area contributed by atoms with Crippen LogP contribution >= 0.6 is 12.2 Å². The number of nitrogens with two attached hydrogens (primary N) is 1. The first kappa shape index (κ1) is 13.9. The Morgan fingerprint density at radius 1 is 1.44 bits per heavy atom. The third-order valence-electron chi connectivity index (χ3n) is 3.34. The Morgan fingerprint density at radius 3 is 2.50 bits per heavy atom. The second kappa shape index (κ2) is 5.94. The summed E-state index contributed by atoms with van der Waals surface area (Å²) in [6, 6.07) is 0.775. The fourth-order valence-electron chi connectivity index (χ4n) is 1.67. The summed E-state index contributed by atoms with van der Waals surface area (Å²) in [7, 11) is 1.75. The van der Waals surface area contributed by atoms with E-state index in [1.807, 2.05) is 0 Å². The predicted octanol–water partition coefficient (Wildman–Crippen LogP) is 1.80. The van der Waals surface area contributed by atoms with Crippen LogP contribution in [0.1, 0.15) is 33.1 Å². The molecule has 1 aliphatic carbocycles. The summed E-state index contributed by atoms with van der Waals surface area (Å²) in [6.07, 6.45) is 3.69. The highest BCUT2D eigenvalue weighted by Crippen LogP contribution is 2.29. The second-order valence-electron chi connectivity index (χ2n) is 5.26. The van der Waals surface area contributed by atoms with Crippen LogP contribution in [-0.4, -0.2) is 42.7 Å². The maximum absolute atomic E-state index is 5.74. The van der Waals surface area contributed by atoms with Crippen LogP contribution in [0.25, 0.3) is 0 Å². The van der Waals surface area contributed by atoms with Gasteiger partial charge in [0.2, 0.25) is 0 Å². The van der Waals surface area contributed by atoms with Gasteiger partial charge < -0.3 is 10.5 Å². The molecule has 3 nitrogen and oxygen atoms in total. The predicted molar refractivity (Wildman–Crippen MR) is 71.7 cm³/mol. The van der Waals surface area contributed by atoms with Crippen molar-refractivity contribution in [2.24, 2.45) is 11.1 Å². The smallest absolute Gasteiger partial charge is 0.0784 e. The van der Waals surface area contributed by atoms with Gasteiger partial charge in [0.25, 0.3) is 0 Å². The van der Waals surface area contributed by atoms with Gasteiger partial charge in [-0.15, -0.1) is 0 Å². The van der Waals surface area contributed by atoms with E-state index in [1.54, 1.807) is 7.11 Å². The molecule has 0 heterocycles. The Bertz CT molecular complexity index is 239. The van der Waals surface area contributed by atoms with Gasteiger partial charge in [0.15, 0.2) is 0 Å². The summed E-state index contributed by atoms with van der Waals surface area (Å²) in [5.74, 6) is 0. The number of methoxy groups -OCH3 is 1. The first-order valence-electron chi connectivity index (χ1n) is 6.00. The largest absolute Gasteiger partial charge is 0.393 e. The molecule has 4 heteroatoms. The second-order valence-corrected chi connectivity index (χ2v) is 5.70. The average Bonchev–Trinajstić information content (AvgIpc) is 3.01. The highest BCUT2D eigenvalue weighted by molar-refractivity contribution is 7.80. The normalized spacial score (nSPS) is 16.8. The molecule has 0 aliphatic heterocycles. The molecule has 0 amide bonds. The number of rotatable bonds is 8. The van der Waals surface area contributed by atoms with E-state index in [1.165, 1.54) is 12.8 Å². The topological polar surface area (TPSA) is 38.5 Å². The van der Waals surface area contributed by atoms with Crippen molar-refractivity contribution in [3.8, 4) is 0 Å². The molecule has 0 atom stereocenters. The summed E-state index contributed by atoms with van der Waals surface area (Å²) in [4.78, 5) is 3.12. The molecule has 0 bridgehead atoms. The lowest BCUT2D eigenvalue weighted by atomic mass is 9.89. The van der Waals surface area contributed by atoms with Gasteiger partial charge in [-0.05, 0) is 25.8 Å². The van der Waals surface area contributed by atoms with Crippen molar-refractivity contribution in [3.05, 3.63) is 0 Å². The van der Waals surface area contributed by atoms with Crippen molar-refractivity contribution in [3.63, 3.8) is 0 Å². The summed E-state index contributed by atoms with van der Waals surface area (Å²) in [6.45, 7) is 7.14. The van der Waals surface area contributed by atoms with Crippen molar-refractivity contribution in [1.29, 1.82) is 0 Å². The highest BCUT2D eigenvalue weighted by atomic mass is 32.1. The molecular formula is C12H24N2OS. The number of nitrogens with zero attached hydrogens (tertiary/aromatic N) is 1. The van der Waals surface area contributed by atoms with Gasteiger partial charge in [-0.1, -0.05) is 26.1 Å². The Labute approximate surface area is 104 Å². The summed E-state index contributed by atoms with van der Waals surface area (Å²) in [5, 5.41) is 0. The first-order valence-corrected chi connectivity index (χ1v) is 6.41. The third kappa shape index (κ3) is 4.36. The summed E-state index contributed by atoms with van der Waals surface area (Å²) >= 11 is 5.09. The van der Waals surface area contributed by atoms with E-state index < -0.39 is 0 Å². The lowest BCUT2D eigenvalue weighted by Gasteiger charge is -2.28. The monoisotopic (exact) mass is 244 g/mol. The molecule has 94 valence electrons. The molecule has 0 aromatic carbocycles. The fourth-order valence-corrected chi connectivity index (χ4v) is 1.77. The Morgan fingerprint density at radius 2 is 2.06 bits per heavy atom. The van der Waals surface area contributed by atoms with Crippen LogP contribution in [0.4, 0.5) is 0 Å². The van der Waals surface area contributed by atoms with Gasteiger partial charge in [0.05, 0.1) is 11.6 Å². The minimum atomic E-state index is -0.0322. The zero-order chi connectivity index (χ0) is 12.2. The van der Waals surface area contributed by atoms with Gasteiger partial charge >= 0.3 is 0 Å². The van der Waals surface area contributed by atoms with Gasteiger partial charge in [-0.2, -0.15) is 0 Å². The van der Waals surface area contributed by atoms with Crippen molar-refractivity contribution < 1.29 is 4.74 Å². The van der Waals surface area contributed by atoms with Crippen molar-refractivity contribution >= 4 is 17.2 Å². The van der Waals surface area contributed by atoms with E-state index in [2.05, 4.69) is 18.7 Å². The minimum Gasteiger partial charge on any atom is -0.393 e. The zero-order valence-electron chi connectivity index (χ0n) is 10.7. The molecule has 1 aliphatic rings. The maximum Gasteiger partial charge on any atom is 0.0784 e. The first-order chi connectivity index (χ1) is 7.47.